The third-order valence-electron chi connectivity index (χ3n) is 5.77. The molecule has 0 bridgehead atoms. The van der Waals surface area contributed by atoms with Gasteiger partial charge in [0.2, 0.25) is 10.0 Å². The molecule has 0 spiro atoms. The molecule has 0 fully saturated rings. The normalized spacial score (nSPS) is 17.2. The van der Waals surface area contributed by atoms with E-state index in [4.69, 9.17) is 0 Å². The van der Waals surface area contributed by atoms with Gasteiger partial charge in [-0.15, -0.1) is 0 Å². The molecule has 2 heterocycles. The Morgan fingerprint density at radius 2 is 1.67 bits per heavy atom. The van der Waals surface area contributed by atoms with Crippen molar-refractivity contribution in [3.05, 3.63) is 107 Å². The first-order chi connectivity index (χ1) is 14.5. The van der Waals surface area contributed by atoms with Crippen molar-refractivity contribution in [3.8, 4) is 0 Å². The average molecular weight is 421 g/mol. The fourth-order valence-electron chi connectivity index (χ4n) is 4.36. The van der Waals surface area contributed by atoms with Gasteiger partial charge in [0.25, 0.3) is 0 Å². The second kappa shape index (κ2) is 7.38. The highest BCUT2D eigenvalue weighted by Gasteiger charge is 2.37. The maximum Gasteiger partial charge on any atom is 0.219 e. The standard InChI is InChI=1S/C24H21FN2O2S/c25-19-11-9-17(10-12-19)16-30(28,29)27-14-13-18-5-1-2-6-20(18)24(27)22-15-26-23-8-4-3-7-21(22)23/h1-12,15,24,26H,13-14,16H2/t24-/m1/s1. The third-order valence-corrected chi connectivity index (χ3v) is 7.58. The highest BCUT2D eigenvalue weighted by Crippen LogP contribution is 2.40. The van der Waals surface area contributed by atoms with E-state index in [0.29, 0.717) is 18.5 Å². The number of rotatable bonds is 4. The molecule has 1 aliphatic rings. The largest absolute Gasteiger partial charge is 0.361 e. The summed E-state index contributed by atoms with van der Waals surface area (Å²) in [5, 5.41) is 1.01. The summed E-state index contributed by atoms with van der Waals surface area (Å²) in [5.41, 5.74) is 4.68. The Morgan fingerprint density at radius 3 is 2.50 bits per heavy atom. The molecule has 0 radical (unpaired) electrons. The van der Waals surface area contributed by atoms with Gasteiger partial charge in [-0.3, -0.25) is 0 Å². The predicted molar refractivity (Wildman–Crippen MR) is 116 cm³/mol. The lowest BCUT2D eigenvalue weighted by atomic mass is 9.90. The number of hydrogen-bond donors (Lipinski definition) is 1. The summed E-state index contributed by atoms with van der Waals surface area (Å²) < 4.78 is 41.9. The van der Waals surface area contributed by atoms with Crippen LogP contribution in [0.25, 0.3) is 10.9 Å². The lowest BCUT2D eigenvalue weighted by Gasteiger charge is -2.36. The van der Waals surface area contributed by atoms with E-state index in [9.17, 15) is 12.8 Å². The molecule has 0 saturated heterocycles. The minimum atomic E-state index is -3.64. The maximum absolute atomic E-state index is 13.5. The van der Waals surface area contributed by atoms with Gasteiger partial charge in [0.05, 0.1) is 11.8 Å². The van der Waals surface area contributed by atoms with Gasteiger partial charge in [-0.1, -0.05) is 54.6 Å². The van der Waals surface area contributed by atoms with Crippen molar-refractivity contribution in [2.75, 3.05) is 6.54 Å². The van der Waals surface area contributed by atoms with Gasteiger partial charge in [-0.2, -0.15) is 4.31 Å². The molecule has 0 saturated carbocycles. The summed E-state index contributed by atoms with van der Waals surface area (Å²) in [6.45, 7) is 0.407. The molecular weight excluding hydrogens is 399 g/mol. The summed E-state index contributed by atoms with van der Waals surface area (Å²) in [5.74, 6) is -0.534. The molecule has 5 rings (SSSR count). The Hall–Kier alpha value is -2.96. The second-order valence-corrected chi connectivity index (χ2v) is 9.56. The second-order valence-electron chi connectivity index (χ2n) is 7.63. The van der Waals surface area contributed by atoms with Crippen LogP contribution in [0.3, 0.4) is 0 Å². The van der Waals surface area contributed by atoms with Crippen molar-refractivity contribution in [1.82, 2.24) is 9.29 Å². The van der Waals surface area contributed by atoms with Crippen LogP contribution in [0, 0.1) is 5.82 Å². The molecule has 0 amide bonds. The van der Waals surface area contributed by atoms with Gasteiger partial charge < -0.3 is 4.98 Å². The molecule has 152 valence electrons. The van der Waals surface area contributed by atoms with E-state index in [-0.39, 0.29) is 11.6 Å². The number of H-pyrrole nitrogens is 1. The Labute approximate surface area is 175 Å². The molecular formula is C24H21FN2O2S. The quantitative estimate of drug-likeness (QED) is 0.516. The van der Waals surface area contributed by atoms with Crippen molar-refractivity contribution in [3.63, 3.8) is 0 Å². The van der Waals surface area contributed by atoms with E-state index < -0.39 is 16.1 Å². The first-order valence-electron chi connectivity index (χ1n) is 9.91. The number of halogens is 1. The van der Waals surface area contributed by atoms with Crippen molar-refractivity contribution in [2.24, 2.45) is 0 Å². The van der Waals surface area contributed by atoms with Crippen LogP contribution in [0.4, 0.5) is 4.39 Å². The molecule has 4 nitrogen and oxygen atoms in total. The first-order valence-corrected chi connectivity index (χ1v) is 11.5. The third kappa shape index (κ3) is 3.32. The van der Waals surface area contributed by atoms with E-state index in [1.807, 2.05) is 48.7 Å². The van der Waals surface area contributed by atoms with E-state index in [1.54, 1.807) is 4.31 Å². The number of nitrogens with zero attached hydrogens (tertiary/aromatic N) is 1. The zero-order valence-electron chi connectivity index (χ0n) is 16.3. The van der Waals surface area contributed by atoms with E-state index in [1.165, 1.54) is 29.8 Å². The highest BCUT2D eigenvalue weighted by atomic mass is 32.2. The smallest absolute Gasteiger partial charge is 0.219 e. The number of aromatic nitrogens is 1. The molecule has 1 N–H and O–H groups in total. The number of fused-ring (bicyclic) bond motifs is 2. The van der Waals surface area contributed by atoms with Gasteiger partial charge >= 0.3 is 0 Å². The van der Waals surface area contributed by atoms with Crippen molar-refractivity contribution < 1.29 is 12.8 Å². The monoisotopic (exact) mass is 420 g/mol. The maximum atomic E-state index is 13.5. The predicted octanol–water partition coefficient (Wildman–Crippen LogP) is 4.78. The molecule has 1 aromatic heterocycles. The van der Waals surface area contributed by atoms with Crippen LogP contribution in [-0.2, 0) is 22.2 Å². The van der Waals surface area contributed by atoms with Gasteiger partial charge in [0, 0.05) is 29.2 Å². The molecule has 0 unspecified atom stereocenters. The average Bonchev–Trinajstić information content (AvgIpc) is 3.18. The van der Waals surface area contributed by atoms with Crippen LogP contribution in [0.15, 0.2) is 79.0 Å². The van der Waals surface area contributed by atoms with Crippen LogP contribution in [0.1, 0.15) is 28.3 Å². The van der Waals surface area contributed by atoms with Gasteiger partial charge in [0.1, 0.15) is 5.82 Å². The SMILES string of the molecule is O=S(=O)(Cc1ccc(F)cc1)N1CCc2ccccc2[C@@H]1c1c[nH]c2ccccc12. The number of sulfonamides is 1. The number of benzene rings is 3. The summed E-state index contributed by atoms with van der Waals surface area (Å²) in [6.07, 6.45) is 2.58. The van der Waals surface area contributed by atoms with Crippen LogP contribution in [0.5, 0.6) is 0 Å². The summed E-state index contributed by atoms with van der Waals surface area (Å²) >= 11 is 0. The fraction of sp³-hybridized carbons (Fsp3) is 0.167. The van der Waals surface area contributed by atoms with Gasteiger partial charge in [-0.05, 0) is 41.3 Å². The minimum absolute atomic E-state index is 0.158. The topological polar surface area (TPSA) is 53.2 Å². The van der Waals surface area contributed by atoms with E-state index in [0.717, 1.165) is 22.0 Å². The van der Waals surface area contributed by atoms with Crippen LogP contribution < -0.4 is 0 Å². The Morgan fingerprint density at radius 1 is 0.933 bits per heavy atom. The molecule has 6 heteroatoms. The highest BCUT2D eigenvalue weighted by molar-refractivity contribution is 7.88. The van der Waals surface area contributed by atoms with Gasteiger partial charge in [-0.25, -0.2) is 12.8 Å². The molecule has 3 aromatic carbocycles. The molecule has 4 aromatic rings. The molecule has 1 atom stereocenters. The lowest BCUT2D eigenvalue weighted by molar-refractivity contribution is 0.345. The molecule has 30 heavy (non-hydrogen) atoms. The number of aromatic amines is 1. The zero-order chi connectivity index (χ0) is 20.7. The van der Waals surface area contributed by atoms with E-state index >= 15 is 0 Å². The van der Waals surface area contributed by atoms with Crippen LogP contribution >= 0.6 is 0 Å². The Kier molecular flexibility index (Phi) is 4.68. The molecule has 1 aliphatic heterocycles. The summed E-state index contributed by atoms with van der Waals surface area (Å²) in [7, 11) is -3.64. The molecule has 0 aliphatic carbocycles. The number of hydrogen-bond acceptors (Lipinski definition) is 2. The van der Waals surface area contributed by atoms with E-state index in [2.05, 4.69) is 11.1 Å². The van der Waals surface area contributed by atoms with Gasteiger partial charge in [0.15, 0.2) is 0 Å². The van der Waals surface area contributed by atoms with Crippen LogP contribution in [-0.4, -0.2) is 24.3 Å². The first kappa shape index (κ1) is 19.0. The Bertz CT molecular complexity index is 1310. The van der Waals surface area contributed by atoms with Crippen molar-refractivity contribution >= 4 is 20.9 Å². The number of para-hydroxylation sites is 1. The summed E-state index contributed by atoms with van der Waals surface area (Å²) in [6, 6.07) is 21.2. The van der Waals surface area contributed by atoms with Crippen LogP contribution in [0.2, 0.25) is 0 Å². The minimum Gasteiger partial charge on any atom is -0.361 e. The zero-order valence-corrected chi connectivity index (χ0v) is 17.1. The Balaban J connectivity index is 1.62. The fourth-order valence-corrected chi connectivity index (χ4v) is 6.06. The van der Waals surface area contributed by atoms with Crippen molar-refractivity contribution in [2.45, 2.75) is 18.2 Å². The lowest BCUT2D eigenvalue weighted by Crippen LogP contribution is -2.41. The summed E-state index contributed by atoms with van der Waals surface area (Å²) in [4.78, 5) is 3.28. The van der Waals surface area contributed by atoms with Crippen molar-refractivity contribution in [1.29, 1.82) is 0 Å². The number of nitrogens with one attached hydrogen (secondary N) is 1.